The van der Waals surface area contributed by atoms with Crippen LogP contribution in [0.2, 0.25) is 0 Å². The summed E-state index contributed by atoms with van der Waals surface area (Å²) in [6, 6.07) is 4.14. The minimum atomic E-state index is -0.0124. The van der Waals surface area contributed by atoms with E-state index in [0.717, 1.165) is 18.8 Å². The lowest BCUT2D eigenvalue weighted by atomic mass is 10.1. The second-order valence-corrected chi connectivity index (χ2v) is 6.98. The van der Waals surface area contributed by atoms with Crippen molar-refractivity contribution in [2.24, 2.45) is 5.92 Å². The maximum atomic E-state index is 5.90. The Balaban J connectivity index is 2.65. The average Bonchev–Trinajstić information content (AvgIpc) is 2.35. The Bertz CT molecular complexity index is 442. The van der Waals surface area contributed by atoms with Crippen molar-refractivity contribution < 1.29 is 4.74 Å². The topological polar surface area (TPSA) is 37.4 Å². The fourth-order valence-corrected chi connectivity index (χ4v) is 1.77. The van der Waals surface area contributed by atoms with Crippen molar-refractivity contribution in [3.8, 4) is 5.88 Å². The first kappa shape index (κ1) is 17.9. The highest BCUT2D eigenvalue weighted by Crippen LogP contribution is 2.16. The Hall–Kier alpha value is -1.13. The molecule has 0 aliphatic heterocycles. The summed E-state index contributed by atoms with van der Waals surface area (Å²) in [4.78, 5) is 6.63. The first-order valence-corrected chi connectivity index (χ1v) is 7.69. The molecule has 0 saturated carbocycles. The van der Waals surface area contributed by atoms with E-state index in [9.17, 15) is 0 Å². The largest absolute Gasteiger partial charge is 0.476 e. The Labute approximate surface area is 129 Å². The number of nitrogens with one attached hydrogen (secondary N) is 1. The van der Waals surface area contributed by atoms with Gasteiger partial charge in [-0.25, -0.2) is 4.98 Å². The molecule has 21 heavy (non-hydrogen) atoms. The minimum absolute atomic E-state index is 0.0124. The van der Waals surface area contributed by atoms with Crippen molar-refractivity contribution in [2.45, 2.75) is 46.7 Å². The molecule has 0 amide bonds. The third-order valence-corrected chi connectivity index (χ3v) is 3.66. The van der Waals surface area contributed by atoms with E-state index in [2.05, 4.69) is 63.1 Å². The Morgan fingerprint density at radius 2 is 1.95 bits per heavy atom. The molecule has 0 aliphatic carbocycles. The summed E-state index contributed by atoms with van der Waals surface area (Å²) in [5, 5.41) is 3.45. The van der Waals surface area contributed by atoms with Crippen LogP contribution in [0.25, 0.3) is 0 Å². The molecule has 0 bridgehead atoms. The van der Waals surface area contributed by atoms with Crippen LogP contribution < -0.4 is 10.1 Å². The van der Waals surface area contributed by atoms with Crippen molar-refractivity contribution in [3.63, 3.8) is 0 Å². The monoisotopic (exact) mass is 293 g/mol. The molecule has 0 aromatic carbocycles. The summed E-state index contributed by atoms with van der Waals surface area (Å²) in [6.45, 7) is 13.2. The van der Waals surface area contributed by atoms with Crippen molar-refractivity contribution >= 4 is 0 Å². The number of hydrogen-bond donors (Lipinski definition) is 1. The summed E-state index contributed by atoms with van der Waals surface area (Å²) in [5.74, 6) is 1.37. The summed E-state index contributed by atoms with van der Waals surface area (Å²) in [7, 11) is 4.13. The van der Waals surface area contributed by atoms with Gasteiger partial charge in [0.1, 0.15) is 6.61 Å². The quantitative estimate of drug-likeness (QED) is 0.800. The molecule has 0 spiro atoms. The molecule has 1 heterocycles. The van der Waals surface area contributed by atoms with Gasteiger partial charge < -0.3 is 15.0 Å². The van der Waals surface area contributed by atoms with Gasteiger partial charge in [-0.3, -0.25) is 0 Å². The van der Waals surface area contributed by atoms with Crippen molar-refractivity contribution in [3.05, 3.63) is 23.4 Å². The highest BCUT2D eigenvalue weighted by atomic mass is 16.5. The predicted molar refractivity (Wildman–Crippen MR) is 88.8 cm³/mol. The van der Waals surface area contributed by atoms with Gasteiger partial charge in [-0.05, 0) is 59.0 Å². The van der Waals surface area contributed by atoms with E-state index in [-0.39, 0.29) is 5.54 Å². The number of pyridine rings is 1. The molecular weight excluding hydrogens is 262 g/mol. The van der Waals surface area contributed by atoms with Gasteiger partial charge in [-0.1, -0.05) is 13.8 Å². The Morgan fingerprint density at radius 1 is 1.29 bits per heavy atom. The van der Waals surface area contributed by atoms with Crippen LogP contribution in [-0.4, -0.2) is 42.7 Å². The molecule has 0 unspecified atom stereocenters. The van der Waals surface area contributed by atoms with E-state index < -0.39 is 0 Å². The predicted octanol–water partition coefficient (Wildman–Crippen LogP) is 2.85. The van der Waals surface area contributed by atoms with Crippen molar-refractivity contribution in [1.82, 2.24) is 15.2 Å². The van der Waals surface area contributed by atoms with Gasteiger partial charge in [-0.15, -0.1) is 0 Å². The average molecular weight is 293 g/mol. The fourth-order valence-electron chi connectivity index (χ4n) is 1.77. The third kappa shape index (κ3) is 6.44. The van der Waals surface area contributed by atoms with Gasteiger partial charge in [0.25, 0.3) is 0 Å². The molecule has 0 atom stereocenters. The molecular formula is C17H31N3O. The standard InChI is InChI=1S/C17H31N3O/c1-13(2)10-18-11-15-8-14(3)19-16(9-15)21-12-17(4,5)20(6)7/h8-9,13,18H,10-12H2,1-7H3. The van der Waals surface area contributed by atoms with Crippen LogP contribution in [0.4, 0.5) is 0 Å². The van der Waals surface area contributed by atoms with E-state index in [1.54, 1.807) is 0 Å². The fraction of sp³-hybridized carbons (Fsp3) is 0.706. The molecule has 1 N–H and O–H groups in total. The van der Waals surface area contributed by atoms with Crippen LogP contribution in [0.1, 0.15) is 39.0 Å². The molecule has 0 fully saturated rings. The van der Waals surface area contributed by atoms with Crippen LogP contribution in [0.5, 0.6) is 5.88 Å². The zero-order valence-electron chi connectivity index (χ0n) is 14.7. The van der Waals surface area contributed by atoms with Gasteiger partial charge in [0.15, 0.2) is 0 Å². The van der Waals surface area contributed by atoms with E-state index in [1.165, 1.54) is 5.56 Å². The molecule has 1 aromatic heterocycles. The zero-order chi connectivity index (χ0) is 16.0. The van der Waals surface area contributed by atoms with Gasteiger partial charge in [0.2, 0.25) is 5.88 Å². The van der Waals surface area contributed by atoms with Crippen LogP contribution >= 0.6 is 0 Å². The van der Waals surface area contributed by atoms with Crippen LogP contribution in [0.3, 0.4) is 0 Å². The highest BCUT2D eigenvalue weighted by molar-refractivity contribution is 5.24. The first-order valence-electron chi connectivity index (χ1n) is 7.69. The van der Waals surface area contributed by atoms with E-state index >= 15 is 0 Å². The van der Waals surface area contributed by atoms with E-state index in [0.29, 0.717) is 18.4 Å². The smallest absolute Gasteiger partial charge is 0.213 e. The van der Waals surface area contributed by atoms with Crippen LogP contribution in [0.15, 0.2) is 12.1 Å². The number of rotatable bonds is 8. The van der Waals surface area contributed by atoms with Crippen LogP contribution in [0, 0.1) is 12.8 Å². The lowest BCUT2D eigenvalue weighted by molar-refractivity contribution is 0.111. The van der Waals surface area contributed by atoms with Crippen LogP contribution in [-0.2, 0) is 6.54 Å². The summed E-state index contributed by atoms with van der Waals surface area (Å²) in [5.41, 5.74) is 2.21. The van der Waals surface area contributed by atoms with E-state index in [1.807, 2.05) is 13.0 Å². The number of aryl methyl sites for hydroxylation is 1. The lowest BCUT2D eigenvalue weighted by Gasteiger charge is -2.32. The molecule has 1 aromatic rings. The first-order chi connectivity index (χ1) is 9.70. The van der Waals surface area contributed by atoms with Crippen molar-refractivity contribution in [1.29, 1.82) is 0 Å². The second-order valence-electron chi connectivity index (χ2n) is 6.98. The number of aromatic nitrogens is 1. The summed E-state index contributed by atoms with van der Waals surface area (Å²) in [6.07, 6.45) is 0. The van der Waals surface area contributed by atoms with Gasteiger partial charge in [-0.2, -0.15) is 0 Å². The number of ether oxygens (including phenoxy) is 1. The normalized spacial score (nSPS) is 12.2. The number of nitrogens with zero attached hydrogens (tertiary/aromatic N) is 2. The maximum Gasteiger partial charge on any atom is 0.213 e. The molecule has 1 rings (SSSR count). The van der Waals surface area contributed by atoms with Gasteiger partial charge in [0, 0.05) is 23.8 Å². The maximum absolute atomic E-state index is 5.90. The highest BCUT2D eigenvalue weighted by Gasteiger charge is 2.21. The Morgan fingerprint density at radius 3 is 2.52 bits per heavy atom. The minimum Gasteiger partial charge on any atom is -0.476 e. The SMILES string of the molecule is Cc1cc(CNCC(C)C)cc(OCC(C)(C)N(C)C)n1. The lowest BCUT2D eigenvalue weighted by Crippen LogP contribution is -2.43. The number of likely N-dealkylation sites (N-methyl/N-ethyl adjacent to an activating group) is 1. The van der Waals surface area contributed by atoms with Crippen molar-refractivity contribution in [2.75, 3.05) is 27.2 Å². The molecule has 120 valence electrons. The second kappa shape index (κ2) is 7.76. The van der Waals surface area contributed by atoms with Gasteiger partial charge >= 0.3 is 0 Å². The van der Waals surface area contributed by atoms with Gasteiger partial charge in [0.05, 0.1) is 0 Å². The molecule has 0 aliphatic rings. The number of hydrogen-bond acceptors (Lipinski definition) is 4. The van der Waals surface area contributed by atoms with E-state index in [4.69, 9.17) is 4.74 Å². The molecule has 4 nitrogen and oxygen atoms in total. The summed E-state index contributed by atoms with van der Waals surface area (Å²) < 4.78 is 5.90. The molecule has 0 saturated heterocycles. The molecule has 0 radical (unpaired) electrons. The third-order valence-electron chi connectivity index (χ3n) is 3.66. The summed E-state index contributed by atoms with van der Waals surface area (Å²) >= 11 is 0. The zero-order valence-corrected chi connectivity index (χ0v) is 14.7. The molecule has 4 heteroatoms. The Kier molecular flexibility index (Phi) is 6.62.